The Labute approximate surface area is 78.1 Å². The molecule has 76 valence electrons. The van der Waals surface area contributed by atoms with E-state index in [1.54, 1.807) is 0 Å². The molecule has 0 aromatic carbocycles. The third kappa shape index (κ3) is 22.5. The van der Waals surface area contributed by atoms with Crippen LogP contribution in [-0.4, -0.2) is 33.1 Å². The maximum Gasteiger partial charge on any atom is -0.0140 e. The molecule has 1 rings (SSSR count). The van der Waals surface area contributed by atoms with Crippen LogP contribution < -0.4 is 5.73 Å². The number of rotatable bonds is 0. The molecular weight excluding hydrogens is 148 g/mol. The second kappa shape index (κ2) is 13.5. The molecule has 0 spiro atoms. The first-order valence-corrected chi connectivity index (χ1v) is 4.92. The Morgan fingerprint density at radius 3 is 0.833 bits per heavy atom. The molecule has 2 nitrogen and oxygen atoms in total. The van der Waals surface area contributed by atoms with Crippen molar-refractivity contribution in [1.82, 2.24) is 4.90 Å². The van der Waals surface area contributed by atoms with E-state index in [2.05, 4.69) is 5.73 Å². The van der Waals surface area contributed by atoms with Crippen LogP contribution in [-0.2, 0) is 0 Å². The molecule has 1 aliphatic rings. The highest BCUT2D eigenvalue weighted by molar-refractivity contribution is 4.51. The zero-order valence-electron chi connectivity index (χ0n) is 9.27. The lowest BCUT2D eigenvalue weighted by molar-refractivity contribution is 0.504. The number of nitrogens with two attached hydrogens (primary N) is 1. The van der Waals surface area contributed by atoms with E-state index in [4.69, 9.17) is 0 Å². The second-order valence-corrected chi connectivity index (χ2v) is 3.46. The van der Waals surface area contributed by atoms with Crippen LogP contribution in [0, 0.1) is 0 Å². The van der Waals surface area contributed by atoms with Crippen LogP contribution in [0.15, 0.2) is 0 Å². The molecule has 0 bridgehead atoms. The van der Waals surface area contributed by atoms with Crippen molar-refractivity contribution in [3.05, 3.63) is 0 Å². The minimum absolute atomic E-state index is 1.50. The summed E-state index contributed by atoms with van der Waals surface area (Å²) >= 11 is 0. The minimum atomic E-state index is 1.50. The molecule has 1 aliphatic carbocycles. The van der Waals surface area contributed by atoms with Gasteiger partial charge in [0.1, 0.15) is 0 Å². The molecule has 0 radical (unpaired) electrons. The van der Waals surface area contributed by atoms with Crippen LogP contribution in [0.3, 0.4) is 0 Å². The van der Waals surface area contributed by atoms with E-state index in [9.17, 15) is 0 Å². The van der Waals surface area contributed by atoms with E-state index in [1.807, 2.05) is 26.0 Å². The molecule has 0 atom stereocenters. The van der Waals surface area contributed by atoms with Gasteiger partial charge in [-0.15, -0.1) is 0 Å². The van der Waals surface area contributed by atoms with Gasteiger partial charge in [-0.25, -0.2) is 0 Å². The summed E-state index contributed by atoms with van der Waals surface area (Å²) in [5.74, 6) is 0. The zero-order chi connectivity index (χ0) is 9.82. The quantitative estimate of drug-likeness (QED) is 0.609. The van der Waals surface area contributed by atoms with Gasteiger partial charge in [-0.3, -0.25) is 0 Å². The SMILES string of the molecule is C1CCCCC1.CN.CN(C)C. The molecule has 0 unspecified atom stereocenters. The van der Waals surface area contributed by atoms with Crippen LogP contribution in [0.25, 0.3) is 0 Å². The Morgan fingerprint density at radius 2 is 0.750 bits per heavy atom. The summed E-state index contributed by atoms with van der Waals surface area (Å²) in [5.41, 5.74) is 4.50. The zero-order valence-corrected chi connectivity index (χ0v) is 9.27. The minimum Gasteiger partial charge on any atom is -0.333 e. The average Bonchev–Trinajstić information content (AvgIpc) is 2.10. The second-order valence-electron chi connectivity index (χ2n) is 3.46. The van der Waals surface area contributed by atoms with E-state index in [0.717, 1.165) is 0 Å². The Bertz CT molecular complexity index is 44.6. The van der Waals surface area contributed by atoms with Crippen LogP contribution in [0.2, 0.25) is 0 Å². The van der Waals surface area contributed by atoms with Crippen molar-refractivity contribution in [1.29, 1.82) is 0 Å². The summed E-state index contributed by atoms with van der Waals surface area (Å²) in [5, 5.41) is 0. The van der Waals surface area contributed by atoms with E-state index in [0.29, 0.717) is 0 Å². The number of hydrogen-bond acceptors (Lipinski definition) is 2. The summed E-state index contributed by atoms with van der Waals surface area (Å²) in [6.07, 6.45) is 9.00. The predicted octanol–water partition coefficient (Wildman–Crippen LogP) is 2.09. The van der Waals surface area contributed by atoms with Crippen molar-refractivity contribution in [2.24, 2.45) is 5.73 Å². The molecule has 2 N–H and O–H groups in total. The van der Waals surface area contributed by atoms with E-state index in [-0.39, 0.29) is 0 Å². The number of hydrogen-bond donors (Lipinski definition) is 1. The van der Waals surface area contributed by atoms with Crippen LogP contribution in [0.5, 0.6) is 0 Å². The Hall–Kier alpha value is -0.0800. The lowest BCUT2D eigenvalue weighted by Gasteiger charge is -2.05. The maximum atomic E-state index is 4.50. The van der Waals surface area contributed by atoms with Gasteiger partial charge < -0.3 is 10.6 Å². The van der Waals surface area contributed by atoms with Crippen molar-refractivity contribution in [3.63, 3.8) is 0 Å². The fraction of sp³-hybridized carbons (Fsp3) is 1.00. The van der Waals surface area contributed by atoms with Gasteiger partial charge in [0.15, 0.2) is 0 Å². The summed E-state index contributed by atoms with van der Waals surface area (Å²) < 4.78 is 0. The van der Waals surface area contributed by atoms with Crippen LogP contribution in [0.1, 0.15) is 38.5 Å². The van der Waals surface area contributed by atoms with Crippen molar-refractivity contribution in [3.8, 4) is 0 Å². The highest BCUT2D eigenvalue weighted by atomic mass is 15.0. The van der Waals surface area contributed by atoms with Gasteiger partial charge in [-0.1, -0.05) is 38.5 Å². The van der Waals surface area contributed by atoms with Crippen LogP contribution in [0.4, 0.5) is 0 Å². The lowest BCUT2D eigenvalue weighted by atomic mass is 10.0. The molecular formula is C10H26N2. The van der Waals surface area contributed by atoms with Crippen molar-refractivity contribution >= 4 is 0 Å². The maximum absolute atomic E-state index is 4.50. The molecule has 1 saturated carbocycles. The molecule has 0 saturated heterocycles. The Morgan fingerprint density at radius 1 is 0.667 bits per heavy atom. The molecule has 0 amide bonds. The highest BCUT2D eigenvalue weighted by Gasteiger charge is 1.95. The van der Waals surface area contributed by atoms with Gasteiger partial charge in [0, 0.05) is 0 Å². The monoisotopic (exact) mass is 174 g/mol. The molecule has 0 aromatic heterocycles. The van der Waals surface area contributed by atoms with Gasteiger partial charge in [0.05, 0.1) is 0 Å². The van der Waals surface area contributed by atoms with Crippen molar-refractivity contribution < 1.29 is 0 Å². The summed E-state index contributed by atoms with van der Waals surface area (Å²) in [6.45, 7) is 0. The normalized spacial score (nSPS) is 15.5. The highest BCUT2D eigenvalue weighted by Crippen LogP contribution is 2.15. The number of nitrogens with zero attached hydrogens (tertiary/aromatic N) is 1. The van der Waals surface area contributed by atoms with Crippen molar-refractivity contribution in [2.75, 3.05) is 28.2 Å². The first-order chi connectivity index (χ1) is 5.73. The van der Waals surface area contributed by atoms with Gasteiger partial charge in [0.25, 0.3) is 0 Å². The third-order valence-electron chi connectivity index (χ3n) is 1.50. The third-order valence-corrected chi connectivity index (χ3v) is 1.50. The first-order valence-electron chi connectivity index (χ1n) is 4.92. The standard InChI is InChI=1S/C6H12.C3H9N.CH5N/c1-2-4-6-5-3-1;1-4(2)3;1-2/h1-6H2;1-3H3;2H2,1H3. The van der Waals surface area contributed by atoms with Crippen LogP contribution >= 0.6 is 0 Å². The summed E-state index contributed by atoms with van der Waals surface area (Å²) in [4.78, 5) is 2.00. The Balaban J connectivity index is 0. The predicted molar refractivity (Wildman–Crippen MR) is 57.4 cm³/mol. The molecule has 1 fully saturated rings. The van der Waals surface area contributed by atoms with Gasteiger partial charge >= 0.3 is 0 Å². The molecule has 2 heteroatoms. The van der Waals surface area contributed by atoms with E-state index in [1.165, 1.54) is 45.6 Å². The van der Waals surface area contributed by atoms with E-state index < -0.39 is 0 Å². The first kappa shape index (κ1) is 14.4. The average molecular weight is 174 g/mol. The summed E-state index contributed by atoms with van der Waals surface area (Å²) in [7, 11) is 7.50. The van der Waals surface area contributed by atoms with E-state index >= 15 is 0 Å². The smallest absolute Gasteiger partial charge is 0.0140 e. The van der Waals surface area contributed by atoms with Gasteiger partial charge in [-0.05, 0) is 28.2 Å². The van der Waals surface area contributed by atoms with Crippen molar-refractivity contribution in [2.45, 2.75) is 38.5 Å². The fourth-order valence-electron chi connectivity index (χ4n) is 1.06. The molecule has 0 aromatic rings. The summed E-state index contributed by atoms with van der Waals surface area (Å²) in [6, 6.07) is 0. The molecule has 0 aliphatic heterocycles. The van der Waals surface area contributed by atoms with Gasteiger partial charge in [-0.2, -0.15) is 0 Å². The largest absolute Gasteiger partial charge is 0.333 e. The topological polar surface area (TPSA) is 29.3 Å². The lowest BCUT2D eigenvalue weighted by Crippen LogP contribution is -1.99. The molecule has 12 heavy (non-hydrogen) atoms. The molecule has 0 heterocycles. The fourth-order valence-corrected chi connectivity index (χ4v) is 1.06. The Kier molecular flexibility index (Phi) is 16.3. The van der Waals surface area contributed by atoms with Gasteiger partial charge in [0.2, 0.25) is 0 Å².